The van der Waals surface area contributed by atoms with Crippen LogP contribution in [0.25, 0.3) is 65.7 Å². The van der Waals surface area contributed by atoms with Crippen LogP contribution in [0, 0.1) is 17.9 Å². The average Bonchev–Trinajstić information content (AvgIpc) is 3.43. The van der Waals surface area contributed by atoms with Crippen molar-refractivity contribution in [1.29, 1.82) is 5.26 Å². The molecule has 0 aliphatic heterocycles. The molecule has 6 aromatic carbocycles. The van der Waals surface area contributed by atoms with Crippen molar-refractivity contribution in [3.63, 3.8) is 0 Å². The summed E-state index contributed by atoms with van der Waals surface area (Å²) < 4.78 is 2.45. The highest BCUT2D eigenvalue weighted by Crippen LogP contribution is 2.46. The van der Waals surface area contributed by atoms with Crippen molar-refractivity contribution < 1.29 is 0 Å². The lowest BCUT2D eigenvalue weighted by atomic mass is 9.85. The molecule has 0 spiro atoms. The summed E-state index contributed by atoms with van der Waals surface area (Å²) in [7, 11) is 0. The van der Waals surface area contributed by atoms with E-state index in [0.29, 0.717) is 11.3 Å². The highest BCUT2D eigenvalue weighted by molar-refractivity contribution is 6.11. The molecule has 7 aromatic rings. The van der Waals surface area contributed by atoms with Crippen LogP contribution >= 0.6 is 0 Å². The van der Waals surface area contributed by atoms with Crippen LogP contribution in [0.5, 0.6) is 0 Å². The molecule has 238 valence electrons. The van der Waals surface area contributed by atoms with Crippen molar-refractivity contribution in [3.05, 3.63) is 156 Å². The first kappa shape index (κ1) is 31.7. The molecule has 0 saturated carbocycles. The van der Waals surface area contributed by atoms with Gasteiger partial charge in [0.1, 0.15) is 0 Å². The second-order valence-electron chi connectivity index (χ2n) is 14.9. The van der Waals surface area contributed by atoms with E-state index in [9.17, 15) is 5.26 Å². The van der Waals surface area contributed by atoms with Crippen LogP contribution < -0.4 is 0 Å². The minimum atomic E-state index is -0.00198. The molecule has 7 rings (SSSR count). The predicted octanol–water partition coefficient (Wildman–Crippen LogP) is 12.8. The van der Waals surface area contributed by atoms with E-state index < -0.39 is 0 Å². The Morgan fingerprint density at radius 1 is 0.551 bits per heavy atom. The Kier molecular flexibility index (Phi) is 7.74. The van der Waals surface area contributed by atoms with Gasteiger partial charge in [0, 0.05) is 27.5 Å². The second kappa shape index (κ2) is 12.0. The van der Waals surface area contributed by atoms with Gasteiger partial charge in [0.05, 0.1) is 29.4 Å². The lowest BCUT2D eigenvalue weighted by Crippen LogP contribution is -2.10. The first-order chi connectivity index (χ1) is 23.5. The minimum Gasteiger partial charge on any atom is -0.308 e. The van der Waals surface area contributed by atoms with Crippen molar-refractivity contribution in [1.82, 2.24) is 4.57 Å². The molecular weight excluding hydrogens is 595 g/mol. The van der Waals surface area contributed by atoms with Gasteiger partial charge in [-0.1, -0.05) is 120 Å². The lowest BCUT2D eigenvalue weighted by molar-refractivity contribution is 0.590. The Labute approximate surface area is 289 Å². The number of nitrogens with zero attached hydrogens (tertiary/aromatic N) is 3. The van der Waals surface area contributed by atoms with E-state index in [0.717, 1.165) is 50.1 Å². The molecule has 3 heteroatoms. The van der Waals surface area contributed by atoms with E-state index in [4.69, 9.17) is 6.57 Å². The van der Waals surface area contributed by atoms with Crippen LogP contribution in [0.4, 0.5) is 5.69 Å². The highest BCUT2D eigenvalue weighted by atomic mass is 15.0. The SMILES string of the molecule is [C-]#[N+]c1cc(C#N)ccc1-c1cc(-c2ccccc2)c(-n2c3ccc(C(C)(C)C)cc3c3cc(C(C)(C)C)ccc32)c(-c2ccccc2)c1. The van der Waals surface area contributed by atoms with Gasteiger partial charge in [0.15, 0.2) is 5.69 Å². The zero-order valence-corrected chi connectivity index (χ0v) is 29.0. The summed E-state index contributed by atoms with van der Waals surface area (Å²) in [5.74, 6) is 0. The quantitative estimate of drug-likeness (QED) is 0.178. The molecule has 0 aliphatic carbocycles. The fourth-order valence-corrected chi connectivity index (χ4v) is 6.84. The van der Waals surface area contributed by atoms with Gasteiger partial charge >= 0.3 is 0 Å². The van der Waals surface area contributed by atoms with Gasteiger partial charge in [-0.2, -0.15) is 5.26 Å². The van der Waals surface area contributed by atoms with Crippen molar-refractivity contribution in [3.8, 4) is 45.1 Å². The normalized spacial score (nSPS) is 11.8. The smallest absolute Gasteiger partial charge is 0.196 e. The van der Waals surface area contributed by atoms with E-state index in [2.05, 4.69) is 154 Å². The van der Waals surface area contributed by atoms with Gasteiger partial charge < -0.3 is 4.57 Å². The fourth-order valence-electron chi connectivity index (χ4n) is 6.84. The van der Waals surface area contributed by atoms with Gasteiger partial charge in [0.25, 0.3) is 0 Å². The molecule has 1 aromatic heterocycles. The molecule has 0 atom stereocenters. The Hall–Kier alpha value is -5.90. The molecular formula is C46H39N3. The van der Waals surface area contributed by atoms with E-state index in [1.807, 2.05) is 18.2 Å². The summed E-state index contributed by atoms with van der Waals surface area (Å²) in [4.78, 5) is 3.86. The molecule has 0 saturated heterocycles. The Bertz CT molecular complexity index is 2320. The molecule has 1 heterocycles. The summed E-state index contributed by atoms with van der Waals surface area (Å²) in [5, 5.41) is 12.1. The van der Waals surface area contributed by atoms with Crippen molar-refractivity contribution in [2.75, 3.05) is 0 Å². The maximum atomic E-state index is 9.59. The van der Waals surface area contributed by atoms with Crippen LogP contribution in [0.15, 0.2) is 127 Å². The summed E-state index contributed by atoms with van der Waals surface area (Å²) in [5.41, 5.74) is 13.0. The third kappa shape index (κ3) is 5.69. The number of benzene rings is 6. The van der Waals surface area contributed by atoms with Gasteiger partial charge in [-0.15, -0.1) is 0 Å². The lowest BCUT2D eigenvalue weighted by Gasteiger charge is -2.22. The third-order valence-corrected chi connectivity index (χ3v) is 9.56. The maximum Gasteiger partial charge on any atom is 0.196 e. The summed E-state index contributed by atoms with van der Waals surface area (Å²) >= 11 is 0. The zero-order chi connectivity index (χ0) is 34.5. The zero-order valence-electron chi connectivity index (χ0n) is 29.0. The van der Waals surface area contributed by atoms with E-state index in [-0.39, 0.29) is 10.8 Å². The second-order valence-corrected chi connectivity index (χ2v) is 14.9. The fraction of sp³-hybridized carbons (Fsp3) is 0.174. The van der Waals surface area contributed by atoms with Crippen LogP contribution in [-0.4, -0.2) is 4.57 Å². The van der Waals surface area contributed by atoms with E-state index in [1.54, 1.807) is 12.1 Å². The van der Waals surface area contributed by atoms with Crippen LogP contribution in [0.1, 0.15) is 58.2 Å². The number of fused-ring (bicyclic) bond motifs is 3. The maximum absolute atomic E-state index is 9.59. The standard InChI is InChI=1S/C46H39N3/c1-45(2,3)34-19-22-42-39(27-34)40-28-35(46(4,5)6)20-23-43(40)49(42)44-37(31-14-10-8-11-15-31)25-33(26-38(44)32-16-12-9-13-17-32)36-21-18-30(29-47)24-41(36)48-7/h8-28H,1-6H3. The summed E-state index contributed by atoms with van der Waals surface area (Å²) in [6, 6.07) is 47.0. The molecule has 0 radical (unpaired) electrons. The van der Waals surface area contributed by atoms with Crippen LogP contribution in [0.3, 0.4) is 0 Å². The van der Waals surface area contributed by atoms with E-state index >= 15 is 0 Å². The average molecular weight is 634 g/mol. The van der Waals surface area contributed by atoms with Gasteiger partial charge in [-0.05, 0) is 92.7 Å². The third-order valence-electron chi connectivity index (χ3n) is 9.56. The molecule has 0 aliphatic rings. The number of nitriles is 1. The van der Waals surface area contributed by atoms with Crippen molar-refractivity contribution >= 4 is 27.5 Å². The highest BCUT2D eigenvalue weighted by Gasteiger charge is 2.25. The van der Waals surface area contributed by atoms with Crippen molar-refractivity contribution in [2.24, 2.45) is 0 Å². The summed E-state index contributed by atoms with van der Waals surface area (Å²) in [6.07, 6.45) is 0. The molecule has 49 heavy (non-hydrogen) atoms. The van der Waals surface area contributed by atoms with Gasteiger partial charge in [0.2, 0.25) is 0 Å². The topological polar surface area (TPSA) is 33.1 Å². The minimum absolute atomic E-state index is 0.00198. The van der Waals surface area contributed by atoms with Gasteiger partial charge in [-0.3, -0.25) is 0 Å². The van der Waals surface area contributed by atoms with Gasteiger partial charge in [-0.25, -0.2) is 4.85 Å². The molecule has 3 nitrogen and oxygen atoms in total. The molecule has 0 unspecified atom stereocenters. The molecule has 0 N–H and O–H groups in total. The van der Waals surface area contributed by atoms with Crippen LogP contribution in [0.2, 0.25) is 0 Å². The number of hydrogen-bond donors (Lipinski definition) is 0. The Morgan fingerprint density at radius 2 is 1.04 bits per heavy atom. The first-order valence-electron chi connectivity index (χ1n) is 16.8. The number of rotatable bonds is 4. The first-order valence-corrected chi connectivity index (χ1v) is 16.8. The van der Waals surface area contributed by atoms with E-state index in [1.165, 1.54) is 21.9 Å². The Balaban J connectivity index is 1.67. The van der Waals surface area contributed by atoms with Crippen LogP contribution in [-0.2, 0) is 10.8 Å². The number of hydrogen-bond acceptors (Lipinski definition) is 1. The monoisotopic (exact) mass is 633 g/mol. The predicted molar refractivity (Wildman–Crippen MR) is 205 cm³/mol. The molecule has 0 bridgehead atoms. The summed E-state index contributed by atoms with van der Waals surface area (Å²) in [6.45, 7) is 21.6. The molecule has 0 fully saturated rings. The Morgan fingerprint density at radius 3 is 1.47 bits per heavy atom. The van der Waals surface area contributed by atoms with Crippen molar-refractivity contribution in [2.45, 2.75) is 52.4 Å². The largest absolute Gasteiger partial charge is 0.308 e. The number of aromatic nitrogens is 1. The molecule has 0 amide bonds.